The lowest BCUT2D eigenvalue weighted by molar-refractivity contribution is 0.0942. The van der Waals surface area contributed by atoms with E-state index >= 15 is 0 Å². The summed E-state index contributed by atoms with van der Waals surface area (Å²) in [6.45, 7) is 0.388. The van der Waals surface area contributed by atoms with Crippen LogP contribution in [0.15, 0.2) is 85.1 Å². The van der Waals surface area contributed by atoms with Crippen LogP contribution in [0.2, 0.25) is 0 Å². The van der Waals surface area contributed by atoms with E-state index in [2.05, 4.69) is 33.0 Å². The molecule has 3 aromatic carbocycles. The molecule has 2 amide bonds. The van der Waals surface area contributed by atoms with Crippen LogP contribution in [0.3, 0.4) is 0 Å². The zero-order valence-corrected chi connectivity index (χ0v) is 20.1. The van der Waals surface area contributed by atoms with Crippen LogP contribution in [-0.2, 0) is 20.0 Å². The largest absolute Gasteiger partial charge is 0.355 e. The summed E-state index contributed by atoms with van der Waals surface area (Å²) in [4.78, 5) is 24.6. The molecule has 0 aliphatic rings. The topological polar surface area (TPSA) is 93.8 Å². The van der Waals surface area contributed by atoms with Crippen molar-refractivity contribution in [3.63, 3.8) is 0 Å². The van der Waals surface area contributed by atoms with Gasteiger partial charge in [-0.1, -0.05) is 42.5 Å². The van der Waals surface area contributed by atoms with E-state index in [1.807, 2.05) is 72.4 Å². The Morgan fingerprint density at radius 2 is 1.67 bits per heavy atom. The number of aryl methyl sites for hydroxylation is 1. The number of hydrogen-bond donors (Lipinski definition) is 2. The number of fused-ring (bicyclic) bond motifs is 1. The van der Waals surface area contributed by atoms with Gasteiger partial charge in [-0.3, -0.25) is 14.3 Å². The summed E-state index contributed by atoms with van der Waals surface area (Å²) < 4.78 is 3.58. The van der Waals surface area contributed by atoms with Crippen LogP contribution in [0.25, 0.3) is 16.6 Å². The van der Waals surface area contributed by atoms with E-state index < -0.39 is 0 Å². The highest BCUT2D eigenvalue weighted by Crippen LogP contribution is 2.20. The molecule has 0 aliphatic heterocycles. The van der Waals surface area contributed by atoms with Crippen molar-refractivity contribution in [2.75, 3.05) is 7.05 Å². The van der Waals surface area contributed by atoms with Gasteiger partial charge in [0.25, 0.3) is 11.8 Å². The average molecular weight is 479 g/mol. The van der Waals surface area contributed by atoms with Gasteiger partial charge in [-0.15, -0.1) is 0 Å². The van der Waals surface area contributed by atoms with Gasteiger partial charge in [0, 0.05) is 43.7 Å². The Kier molecular flexibility index (Phi) is 6.32. The molecule has 8 heteroatoms. The minimum Gasteiger partial charge on any atom is -0.355 e. The smallest absolute Gasteiger partial charge is 0.272 e. The van der Waals surface area contributed by atoms with E-state index in [0.29, 0.717) is 24.2 Å². The van der Waals surface area contributed by atoms with Crippen LogP contribution in [-0.4, -0.2) is 38.4 Å². The van der Waals surface area contributed by atoms with E-state index in [9.17, 15) is 9.59 Å². The summed E-state index contributed by atoms with van der Waals surface area (Å²) in [5.41, 5.74) is 5.91. The number of benzene rings is 3. The van der Waals surface area contributed by atoms with Crippen molar-refractivity contribution >= 4 is 22.7 Å². The lowest BCUT2D eigenvalue weighted by Gasteiger charge is -2.07. The monoisotopic (exact) mass is 478 g/mol. The Labute approximate surface area is 208 Å². The highest BCUT2D eigenvalue weighted by Gasteiger charge is 2.13. The number of rotatable bonds is 7. The number of nitrogens with one attached hydrogen (secondary N) is 2. The molecule has 36 heavy (non-hydrogen) atoms. The molecule has 0 aliphatic carbocycles. The maximum atomic E-state index is 12.7. The molecular weight excluding hydrogens is 452 g/mol. The van der Waals surface area contributed by atoms with Crippen molar-refractivity contribution in [1.82, 2.24) is 30.2 Å². The van der Waals surface area contributed by atoms with Gasteiger partial charge in [0.15, 0.2) is 0 Å². The maximum Gasteiger partial charge on any atom is 0.272 e. The fourth-order valence-corrected chi connectivity index (χ4v) is 4.14. The van der Waals surface area contributed by atoms with Crippen molar-refractivity contribution in [2.24, 2.45) is 7.05 Å². The molecule has 0 radical (unpaired) electrons. The average Bonchev–Trinajstić information content (AvgIpc) is 3.50. The third-order valence-electron chi connectivity index (χ3n) is 6.13. The zero-order valence-electron chi connectivity index (χ0n) is 20.1. The van der Waals surface area contributed by atoms with Crippen molar-refractivity contribution in [2.45, 2.75) is 13.0 Å². The van der Waals surface area contributed by atoms with E-state index in [-0.39, 0.29) is 11.8 Å². The molecule has 0 saturated carbocycles. The van der Waals surface area contributed by atoms with Crippen LogP contribution in [0, 0.1) is 0 Å². The van der Waals surface area contributed by atoms with Gasteiger partial charge < -0.3 is 10.6 Å². The molecule has 0 spiro atoms. The van der Waals surface area contributed by atoms with Gasteiger partial charge >= 0.3 is 0 Å². The predicted octanol–water partition coefficient (Wildman–Crippen LogP) is 3.64. The predicted molar refractivity (Wildman–Crippen MR) is 138 cm³/mol. The van der Waals surface area contributed by atoms with Gasteiger partial charge in [0.1, 0.15) is 5.69 Å². The van der Waals surface area contributed by atoms with Crippen LogP contribution in [0.4, 0.5) is 0 Å². The lowest BCUT2D eigenvalue weighted by atomic mass is 10.1. The number of aromatic nitrogens is 4. The second kappa shape index (κ2) is 9.87. The first-order valence-corrected chi connectivity index (χ1v) is 11.7. The van der Waals surface area contributed by atoms with Gasteiger partial charge in [-0.05, 0) is 47.5 Å². The molecule has 2 heterocycles. The summed E-state index contributed by atoms with van der Waals surface area (Å²) in [5.74, 6) is -0.340. The molecule has 0 atom stereocenters. The summed E-state index contributed by atoms with van der Waals surface area (Å²) in [5, 5.41) is 15.3. The quantitative estimate of drug-likeness (QED) is 0.374. The van der Waals surface area contributed by atoms with Crippen molar-refractivity contribution < 1.29 is 9.59 Å². The molecular formula is C28H26N6O2. The Bertz CT molecular complexity index is 1530. The molecule has 0 unspecified atom stereocenters. The molecule has 0 saturated heterocycles. The highest BCUT2D eigenvalue weighted by molar-refractivity contribution is 5.98. The first-order chi connectivity index (χ1) is 17.5. The standard InChI is InChI=1S/C28H26N6O2/c1-29-27(35)21-10-13-26-22(15-21)18-31-34(26)23-11-8-20(9-12-23)17-30-28(36)25-16-24(33(2)32-25)14-19-6-4-3-5-7-19/h3-13,15-16,18H,14,17H2,1-2H3,(H,29,35)(H,30,36). The molecule has 2 aromatic heterocycles. The summed E-state index contributed by atoms with van der Waals surface area (Å²) >= 11 is 0. The minimum atomic E-state index is -0.209. The molecule has 2 N–H and O–H groups in total. The molecule has 180 valence electrons. The van der Waals surface area contributed by atoms with Gasteiger partial charge in [0.05, 0.1) is 17.4 Å². The van der Waals surface area contributed by atoms with Crippen LogP contribution < -0.4 is 10.6 Å². The normalized spacial score (nSPS) is 10.9. The van der Waals surface area contributed by atoms with E-state index in [1.54, 1.807) is 24.0 Å². The molecule has 0 fully saturated rings. The molecule has 5 aromatic rings. The van der Waals surface area contributed by atoms with Crippen LogP contribution in [0.5, 0.6) is 0 Å². The highest BCUT2D eigenvalue weighted by atomic mass is 16.2. The third-order valence-corrected chi connectivity index (χ3v) is 6.13. The van der Waals surface area contributed by atoms with E-state index in [4.69, 9.17) is 0 Å². The first kappa shape index (κ1) is 23.0. The fraction of sp³-hybridized carbons (Fsp3) is 0.143. The summed E-state index contributed by atoms with van der Waals surface area (Å²) in [7, 11) is 3.46. The van der Waals surface area contributed by atoms with E-state index in [0.717, 1.165) is 27.8 Å². The van der Waals surface area contributed by atoms with Gasteiger partial charge in [-0.2, -0.15) is 10.2 Å². The van der Waals surface area contributed by atoms with Crippen molar-refractivity contribution in [3.8, 4) is 5.69 Å². The fourth-order valence-electron chi connectivity index (χ4n) is 4.14. The SMILES string of the molecule is CNC(=O)c1ccc2c(cnn2-c2ccc(CNC(=O)c3cc(Cc4ccccc4)n(C)n3)cc2)c1. The number of amides is 2. The minimum absolute atomic E-state index is 0.130. The number of nitrogens with zero attached hydrogens (tertiary/aromatic N) is 4. The van der Waals surface area contributed by atoms with Crippen molar-refractivity contribution in [3.05, 3.63) is 113 Å². The molecule has 8 nitrogen and oxygen atoms in total. The zero-order chi connectivity index (χ0) is 25.1. The van der Waals surface area contributed by atoms with Gasteiger partial charge in [-0.25, -0.2) is 4.68 Å². The number of carbonyl (C=O) groups excluding carboxylic acids is 2. The summed E-state index contributed by atoms with van der Waals surface area (Å²) in [6.07, 6.45) is 2.46. The first-order valence-electron chi connectivity index (χ1n) is 11.7. The Morgan fingerprint density at radius 1 is 0.889 bits per heavy atom. The van der Waals surface area contributed by atoms with Gasteiger partial charge in [0.2, 0.25) is 0 Å². The van der Waals surface area contributed by atoms with Crippen LogP contribution >= 0.6 is 0 Å². The second-order valence-corrected chi connectivity index (χ2v) is 8.57. The molecule has 5 rings (SSSR count). The van der Waals surface area contributed by atoms with Crippen molar-refractivity contribution in [1.29, 1.82) is 0 Å². The maximum absolute atomic E-state index is 12.7. The Morgan fingerprint density at radius 3 is 2.42 bits per heavy atom. The van der Waals surface area contributed by atoms with E-state index in [1.165, 1.54) is 5.56 Å². The summed E-state index contributed by atoms with van der Waals surface area (Å²) in [6, 6.07) is 25.3. The lowest BCUT2D eigenvalue weighted by Crippen LogP contribution is -2.23. The Hall–Kier alpha value is -4.72. The van der Waals surface area contributed by atoms with Crippen LogP contribution in [0.1, 0.15) is 37.7 Å². The second-order valence-electron chi connectivity index (χ2n) is 8.57. The number of carbonyl (C=O) groups is 2. The molecule has 0 bridgehead atoms. The number of hydrogen-bond acceptors (Lipinski definition) is 4. The third kappa shape index (κ3) is 4.74. The Balaban J connectivity index is 1.24.